The monoisotopic (exact) mass is 379 g/mol. The van der Waals surface area contributed by atoms with Crippen molar-refractivity contribution < 1.29 is 14.1 Å². The first-order chi connectivity index (χ1) is 13.5. The van der Waals surface area contributed by atoms with E-state index in [2.05, 4.69) is 5.32 Å². The number of nitro benzene ring substituents is 1. The topological polar surface area (TPSA) is 88.6 Å². The Hall–Kier alpha value is -3.61. The summed E-state index contributed by atoms with van der Waals surface area (Å²) in [5, 5.41) is 13.9. The van der Waals surface area contributed by atoms with E-state index in [1.54, 1.807) is 30.5 Å². The summed E-state index contributed by atoms with van der Waals surface area (Å²) in [5.41, 5.74) is 2.48. The van der Waals surface area contributed by atoms with Crippen LogP contribution in [-0.4, -0.2) is 17.4 Å². The normalized spacial score (nSPS) is 10.5. The number of nitrogens with zero attached hydrogens (tertiary/aromatic N) is 2. The summed E-state index contributed by atoms with van der Waals surface area (Å²) < 4.78 is 5.41. The van der Waals surface area contributed by atoms with Gasteiger partial charge in [-0.2, -0.15) is 0 Å². The van der Waals surface area contributed by atoms with E-state index in [0.29, 0.717) is 12.1 Å². The molecule has 0 spiro atoms. The molecule has 2 aromatic carbocycles. The molecule has 1 aromatic heterocycles. The molecule has 0 aliphatic rings. The molecule has 1 heterocycles. The zero-order valence-electron chi connectivity index (χ0n) is 15.5. The fourth-order valence-corrected chi connectivity index (χ4v) is 2.85. The number of aryl methyl sites for hydroxylation is 1. The van der Waals surface area contributed by atoms with Crippen LogP contribution in [0.15, 0.2) is 71.3 Å². The number of rotatable bonds is 8. The van der Waals surface area contributed by atoms with Crippen LogP contribution in [-0.2, 0) is 17.9 Å². The van der Waals surface area contributed by atoms with E-state index in [-0.39, 0.29) is 24.7 Å². The first kappa shape index (κ1) is 19.2. The summed E-state index contributed by atoms with van der Waals surface area (Å²) in [6.45, 7) is 2.64. The molecule has 3 aromatic rings. The average Bonchev–Trinajstić information content (AvgIpc) is 3.20. The van der Waals surface area contributed by atoms with Crippen LogP contribution in [0.25, 0.3) is 0 Å². The maximum absolute atomic E-state index is 12.5. The standard InChI is InChI=1S/C21H21N3O4/c1-16-8-10-18(11-9-16)23(14-19-6-4-12-28-19)15-21(25)22-13-17-5-2-3-7-20(17)24(26)27/h2-12H,13-15H2,1H3,(H,22,25). The zero-order valence-corrected chi connectivity index (χ0v) is 15.5. The maximum atomic E-state index is 12.5. The van der Waals surface area contributed by atoms with Crippen molar-refractivity contribution in [1.29, 1.82) is 0 Å². The fourth-order valence-electron chi connectivity index (χ4n) is 2.85. The summed E-state index contributed by atoms with van der Waals surface area (Å²) in [5.74, 6) is 0.511. The van der Waals surface area contributed by atoms with E-state index in [1.165, 1.54) is 6.07 Å². The second kappa shape index (κ2) is 8.85. The third-order valence-corrected chi connectivity index (χ3v) is 4.32. The largest absolute Gasteiger partial charge is 0.467 e. The molecule has 1 amide bonds. The van der Waals surface area contributed by atoms with Gasteiger partial charge in [0.15, 0.2) is 0 Å². The lowest BCUT2D eigenvalue weighted by Crippen LogP contribution is -2.36. The van der Waals surface area contributed by atoms with Crippen LogP contribution in [0.4, 0.5) is 11.4 Å². The van der Waals surface area contributed by atoms with Gasteiger partial charge in [0.2, 0.25) is 5.91 Å². The van der Waals surface area contributed by atoms with Crippen LogP contribution in [0.5, 0.6) is 0 Å². The number of hydrogen-bond acceptors (Lipinski definition) is 5. The number of furan rings is 1. The van der Waals surface area contributed by atoms with Crippen LogP contribution in [0.3, 0.4) is 0 Å². The van der Waals surface area contributed by atoms with Crippen molar-refractivity contribution in [2.45, 2.75) is 20.0 Å². The third kappa shape index (κ3) is 4.97. The Kier molecular flexibility index (Phi) is 6.06. The van der Waals surface area contributed by atoms with Crippen molar-refractivity contribution in [2.24, 2.45) is 0 Å². The molecule has 28 heavy (non-hydrogen) atoms. The molecule has 0 saturated heterocycles. The summed E-state index contributed by atoms with van der Waals surface area (Å²) in [6.07, 6.45) is 1.59. The van der Waals surface area contributed by atoms with Crippen LogP contribution < -0.4 is 10.2 Å². The summed E-state index contributed by atoms with van der Waals surface area (Å²) in [7, 11) is 0. The van der Waals surface area contributed by atoms with Crippen molar-refractivity contribution in [3.8, 4) is 0 Å². The minimum absolute atomic E-state index is 0.00576. The molecular formula is C21H21N3O4. The second-order valence-electron chi connectivity index (χ2n) is 6.43. The Balaban J connectivity index is 1.69. The number of nitrogens with one attached hydrogen (secondary N) is 1. The Bertz CT molecular complexity index is 937. The van der Waals surface area contributed by atoms with Crippen molar-refractivity contribution in [3.05, 3.63) is 93.9 Å². The number of amides is 1. The van der Waals surface area contributed by atoms with Gasteiger partial charge in [-0.3, -0.25) is 14.9 Å². The van der Waals surface area contributed by atoms with Crippen LogP contribution in [0, 0.1) is 17.0 Å². The van der Waals surface area contributed by atoms with E-state index >= 15 is 0 Å². The number of hydrogen-bond donors (Lipinski definition) is 1. The predicted molar refractivity (Wildman–Crippen MR) is 106 cm³/mol. The zero-order chi connectivity index (χ0) is 19.9. The quantitative estimate of drug-likeness (QED) is 0.475. The minimum Gasteiger partial charge on any atom is -0.467 e. The van der Waals surface area contributed by atoms with Gasteiger partial charge in [0, 0.05) is 23.9 Å². The van der Waals surface area contributed by atoms with Crippen LogP contribution in [0.1, 0.15) is 16.9 Å². The minimum atomic E-state index is -0.447. The maximum Gasteiger partial charge on any atom is 0.274 e. The third-order valence-electron chi connectivity index (χ3n) is 4.32. The Morgan fingerprint density at radius 2 is 1.86 bits per heavy atom. The molecular weight excluding hydrogens is 358 g/mol. The predicted octanol–water partition coefficient (Wildman–Crippen LogP) is 3.82. The SMILES string of the molecule is Cc1ccc(N(CC(=O)NCc2ccccc2[N+](=O)[O-])Cc2ccco2)cc1. The first-order valence-corrected chi connectivity index (χ1v) is 8.86. The Labute approximate surface area is 162 Å². The molecule has 0 atom stereocenters. The second-order valence-corrected chi connectivity index (χ2v) is 6.43. The molecule has 0 aliphatic carbocycles. The highest BCUT2D eigenvalue weighted by Crippen LogP contribution is 2.19. The number of anilines is 1. The van der Waals surface area contributed by atoms with Gasteiger partial charge in [-0.15, -0.1) is 0 Å². The lowest BCUT2D eigenvalue weighted by Gasteiger charge is -2.23. The highest BCUT2D eigenvalue weighted by atomic mass is 16.6. The van der Waals surface area contributed by atoms with Gasteiger partial charge in [-0.1, -0.05) is 35.9 Å². The number of nitro groups is 1. The van der Waals surface area contributed by atoms with Crippen LogP contribution >= 0.6 is 0 Å². The molecule has 1 N–H and O–H groups in total. The van der Waals surface area contributed by atoms with E-state index in [1.807, 2.05) is 42.2 Å². The Morgan fingerprint density at radius 3 is 2.54 bits per heavy atom. The number of carbonyl (C=O) groups excluding carboxylic acids is 1. The Morgan fingerprint density at radius 1 is 1.11 bits per heavy atom. The number of para-hydroxylation sites is 1. The van der Waals surface area contributed by atoms with Gasteiger partial charge in [-0.05, 0) is 31.2 Å². The highest BCUT2D eigenvalue weighted by Gasteiger charge is 2.16. The molecule has 7 nitrogen and oxygen atoms in total. The van der Waals surface area contributed by atoms with Gasteiger partial charge < -0.3 is 14.6 Å². The summed E-state index contributed by atoms with van der Waals surface area (Å²) in [6, 6.07) is 17.9. The number of carbonyl (C=O) groups is 1. The van der Waals surface area contributed by atoms with Gasteiger partial charge >= 0.3 is 0 Å². The molecule has 0 radical (unpaired) electrons. The van der Waals surface area contributed by atoms with Crippen molar-refractivity contribution in [1.82, 2.24) is 5.32 Å². The first-order valence-electron chi connectivity index (χ1n) is 8.86. The summed E-state index contributed by atoms with van der Waals surface area (Å²) in [4.78, 5) is 25.1. The molecule has 0 unspecified atom stereocenters. The fraction of sp³-hybridized carbons (Fsp3) is 0.190. The van der Waals surface area contributed by atoms with Crippen molar-refractivity contribution in [3.63, 3.8) is 0 Å². The molecule has 0 saturated carbocycles. The van der Waals surface area contributed by atoms with E-state index in [0.717, 1.165) is 17.0 Å². The molecule has 0 fully saturated rings. The molecule has 3 rings (SSSR count). The average molecular weight is 379 g/mol. The van der Waals surface area contributed by atoms with Gasteiger partial charge in [0.25, 0.3) is 5.69 Å². The van der Waals surface area contributed by atoms with Crippen molar-refractivity contribution in [2.75, 3.05) is 11.4 Å². The molecule has 0 aliphatic heterocycles. The van der Waals surface area contributed by atoms with Gasteiger partial charge in [0.05, 0.1) is 24.3 Å². The molecule has 7 heteroatoms. The van der Waals surface area contributed by atoms with Crippen LogP contribution in [0.2, 0.25) is 0 Å². The molecule has 0 bridgehead atoms. The lowest BCUT2D eigenvalue weighted by molar-refractivity contribution is -0.385. The highest BCUT2D eigenvalue weighted by molar-refractivity contribution is 5.81. The smallest absolute Gasteiger partial charge is 0.274 e. The number of benzene rings is 2. The van der Waals surface area contributed by atoms with Gasteiger partial charge in [0.1, 0.15) is 5.76 Å². The van der Waals surface area contributed by atoms with Gasteiger partial charge in [-0.25, -0.2) is 0 Å². The van der Waals surface area contributed by atoms with E-state index in [4.69, 9.17) is 4.42 Å². The van der Waals surface area contributed by atoms with E-state index in [9.17, 15) is 14.9 Å². The summed E-state index contributed by atoms with van der Waals surface area (Å²) >= 11 is 0. The lowest BCUT2D eigenvalue weighted by atomic mass is 10.2. The van der Waals surface area contributed by atoms with E-state index < -0.39 is 4.92 Å². The molecule has 144 valence electrons. The van der Waals surface area contributed by atoms with Crippen molar-refractivity contribution >= 4 is 17.3 Å².